The van der Waals surface area contributed by atoms with E-state index in [1.54, 1.807) is 0 Å². The van der Waals surface area contributed by atoms with E-state index in [0.717, 1.165) is 12.1 Å². The number of rotatable bonds is 5. The number of methoxy groups -OCH3 is 1. The minimum atomic E-state index is -4.18. The lowest BCUT2D eigenvalue weighted by Crippen LogP contribution is -2.44. The summed E-state index contributed by atoms with van der Waals surface area (Å²) < 4.78 is 28.4. The number of sulfonamides is 1. The lowest BCUT2D eigenvalue weighted by atomic mass is 10.3. The van der Waals surface area contributed by atoms with E-state index in [4.69, 9.17) is 10.5 Å². The number of nitrogens with zero attached hydrogens (tertiary/aromatic N) is 1. The van der Waals surface area contributed by atoms with Gasteiger partial charge >= 0.3 is 0 Å². The highest BCUT2D eigenvalue weighted by Crippen LogP contribution is 2.27. The Morgan fingerprint density at radius 3 is 2.63 bits per heavy atom. The van der Waals surface area contributed by atoms with E-state index in [2.05, 4.69) is 12.2 Å². The van der Waals surface area contributed by atoms with Crippen molar-refractivity contribution >= 4 is 33.0 Å². The topological polar surface area (TPSA) is 137 Å². The highest BCUT2D eigenvalue weighted by Gasteiger charge is 2.26. The van der Waals surface area contributed by atoms with Gasteiger partial charge in [-0.1, -0.05) is 0 Å². The third-order valence-electron chi connectivity index (χ3n) is 1.96. The monoisotopic (exact) mass is 306 g/mol. The molecule has 0 aliphatic rings. The number of nitro benzene ring substituents is 1. The van der Waals surface area contributed by atoms with Crippen LogP contribution in [0.5, 0.6) is 5.75 Å². The van der Waals surface area contributed by atoms with Crippen LogP contribution in [0, 0.1) is 10.1 Å². The van der Waals surface area contributed by atoms with E-state index in [-0.39, 0.29) is 10.9 Å². The highest BCUT2D eigenvalue weighted by molar-refractivity contribution is 7.89. The van der Waals surface area contributed by atoms with Crippen molar-refractivity contribution in [2.75, 3.05) is 7.11 Å². The Morgan fingerprint density at radius 2 is 2.16 bits per heavy atom. The van der Waals surface area contributed by atoms with E-state index in [1.807, 2.05) is 10.3 Å². The summed E-state index contributed by atoms with van der Waals surface area (Å²) in [6, 6.07) is 3.32. The summed E-state index contributed by atoms with van der Waals surface area (Å²) in [5, 5.41) is 10.5. The van der Waals surface area contributed by atoms with Crippen molar-refractivity contribution in [1.82, 2.24) is 10.3 Å². The molecule has 0 saturated carbocycles. The van der Waals surface area contributed by atoms with Gasteiger partial charge in [-0.05, 0) is 24.4 Å². The first-order chi connectivity index (χ1) is 8.77. The van der Waals surface area contributed by atoms with E-state index in [0.29, 0.717) is 0 Å². The maximum absolute atomic E-state index is 11.8. The minimum Gasteiger partial charge on any atom is -0.497 e. The lowest BCUT2D eigenvalue weighted by molar-refractivity contribution is -0.387. The van der Waals surface area contributed by atoms with Crippen LogP contribution in [0.3, 0.4) is 0 Å². The summed E-state index contributed by atoms with van der Waals surface area (Å²) in [7, 11) is -2.88. The Kier molecular flexibility index (Phi) is 4.58. The largest absolute Gasteiger partial charge is 0.497 e. The summed E-state index contributed by atoms with van der Waals surface area (Å²) in [4.78, 5) is 11.3. The number of ether oxygens (including phenoxy) is 1. The zero-order chi connectivity index (χ0) is 14.6. The SMILES string of the molecule is COc1ccc(S(=O)(=O)NNC(N)=S)c([N+](=O)[O-])c1. The molecule has 1 aromatic carbocycles. The number of hydrogen-bond donors (Lipinski definition) is 3. The second-order valence-corrected chi connectivity index (χ2v) is 5.28. The number of nitrogens with two attached hydrogens (primary N) is 1. The van der Waals surface area contributed by atoms with Gasteiger partial charge in [-0.3, -0.25) is 15.5 Å². The fourth-order valence-corrected chi connectivity index (χ4v) is 2.29. The lowest BCUT2D eigenvalue weighted by Gasteiger charge is -2.09. The molecule has 1 aromatic rings. The third kappa shape index (κ3) is 3.74. The molecule has 0 aromatic heterocycles. The molecule has 0 fully saturated rings. The van der Waals surface area contributed by atoms with Gasteiger partial charge in [0, 0.05) is 0 Å². The van der Waals surface area contributed by atoms with Crippen LogP contribution in [0.2, 0.25) is 0 Å². The number of thiocarbonyl (C=S) groups is 1. The predicted octanol–water partition coefficient (Wildman–Crippen LogP) is -0.370. The maximum Gasteiger partial charge on any atom is 0.293 e. The molecule has 0 unspecified atom stereocenters. The van der Waals surface area contributed by atoms with Crippen LogP contribution in [0.1, 0.15) is 0 Å². The number of benzene rings is 1. The first-order valence-electron chi connectivity index (χ1n) is 4.67. The number of nitrogens with one attached hydrogen (secondary N) is 2. The highest BCUT2D eigenvalue weighted by atomic mass is 32.2. The molecule has 0 spiro atoms. The molecule has 0 saturated heterocycles. The van der Waals surface area contributed by atoms with E-state index in [1.165, 1.54) is 13.2 Å². The predicted molar refractivity (Wildman–Crippen MR) is 69.9 cm³/mol. The molecule has 19 heavy (non-hydrogen) atoms. The summed E-state index contributed by atoms with van der Waals surface area (Å²) in [5.41, 5.74) is 6.43. The molecular formula is C8H10N4O5S2. The molecule has 1 rings (SSSR count). The van der Waals surface area contributed by atoms with Crippen molar-refractivity contribution in [3.05, 3.63) is 28.3 Å². The molecule has 11 heteroatoms. The molecule has 0 aliphatic heterocycles. The van der Waals surface area contributed by atoms with Gasteiger partial charge in [-0.15, -0.1) is 4.83 Å². The van der Waals surface area contributed by atoms with E-state index in [9.17, 15) is 18.5 Å². The molecule has 104 valence electrons. The molecule has 9 nitrogen and oxygen atoms in total. The Morgan fingerprint density at radius 1 is 1.53 bits per heavy atom. The van der Waals surface area contributed by atoms with Crippen LogP contribution in [0.15, 0.2) is 23.1 Å². The second-order valence-electron chi connectivity index (χ2n) is 3.19. The van der Waals surface area contributed by atoms with Gasteiger partial charge in [0.15, 0.2) is 10.0 Å². The second kappa shape index (κ2) is 5.77. The molecule has 0 bridgehead atoms. The standard InChI is InChI=1S/C8H10N4O5S2/c1-17-5-2-3-7(6(4-5)12(13)14)19(15,16)11-10-8(9)18/h2-4,11H,1H3,(H3,9,10,18). The fourth-order valence-electron chi connectivity index (χ4n) is 1.17. The maximum atomic E-state index is 11.8. The van der Waals surface area contributed by atoms with Crippen LogP contribution in [-0.4, -0.2) is 25.6 Å². The van der Waals surface area contributed by atoms with Gasteiger partial charge in [0.2, 0.25) is 0 Å². The first-order valence-corrected chi connectivity index (χ1v) is 6.56. The van der Waals surface area contributed by atoms with Crippen LogP contribution < -0.4 is 20.7 Å². The smallest absolute Gasteiger partial charge is 0.293 e. The normalized spacial score (nSPS) is 10.8. The summed E-state index contributed by atoms with van der Waals surface area (Å²) in [6.45, 7) is 0. The molecule has 0 atom stereocenters. The fraction of sp³-hybridized carbons (Fsp3) is 0.125. The van der Waals surface area contributed by atoms with Crippen molar-refractivity contribution in [1.29, 1.82) is 0 Å². The van der Waals surface area contributed by atoms with Gasteiger partial charge in [0.1, 0.15) is 5.75 Å². The molecule has 0 aliphatic carbocycles. The molecular weight excluding hydrogens is 296 g/mol. The van der Waals surface area contributed by atoms with Crippen molar-refractivity contribution in [3.63, 3.8) is 0 Å². The summed E-state index contributed by atoms with van der Waals surface area (Å²) >= 11 is 4.42. The molecule has 0 heterocycles. The van der Waals surface area contributed by atoms with Gasteiger partial charge < -0.3 is 10.5 Å². The van der Waals surface area contributed by atoms with Crippen LogP contribution >= 0.6 is 12.2 Å². The number of hydrazine groups is 1. The van der Waals surface area contributed by atoms with Gasteiger partial charge in [0.05, 0.1) is 18.1 Å². The van der Waals surface area contributed by atoms with Crippen molar-refractivity contribution in [3.8, 4) is 5.75 Å². The third-order valence-corrected chi connectivity index (χ3v) is 3.36. The first kappa shape index (κ1) is 15.1. The van der Waals surface area contributed by atoms with E-state index < -0.39 is 25.5 Å². The van der Waals surface area contributed by atoms with Gasteiger partial charge in [-0.2, -0.15) is 0 Å². The number of hydrogen-bond acceptors (Lipinski definition) is 6. The summed E-state index contributed by atoms with van der Waals surface area (Å²) in [6.07, 6.45) is 0. The van der Waals surface area contributed by atoms with Crippen molar-refractivity contribution in [2.45, 2.75) is 4.90 Å². The molecule has 4 N–H and O–H groups in total. The van der Waals surface area contributed by atoms with Gasteiger partial charge in [-0.25, -0.2) is 8.42 Å². The Hall–Kier alpha value is -1.98. The van der Waals surface area contributed by atoms with Gasteiger partial charge in [0.25, 0.3) is 15.7 Å². The molecule has 0 amide bonds. The average Bonchev–Trinajstić information content (AvgIpc) is 2.35. The molecule has 0 radical (unpaired) electrons. The van der Waals surface area contributed by atoms with Crippen LogP contribution in [0.4, 0.5) is 5.69 Å². The number of nitro groups is 1. The van der Waals surface area contributed by atoms with Crippen LogP contribution in [0.25, 0.3) is 0 Å². The van der Waals surface area contributed by atoms with Crippen molar-refractivity contribution < 1.29 is 18.1 Å². The van der Waals surface area contributed by atoms with E-state index >= 15 is 0 Å². The Balaban J connectivity index is 3.25. The summed E-state index contributed by atoms with van der Waals surface area (Å²) in [5.74, 6) is 0.160. The Labute approximate surface area is 113 Å². The Bertz CT molecular complexity index is 616. The quantitative estimate of drug-likeness (QED) is 0.381. The zero-order valence-corrected chi connectivity index (χ0v) is 11.2. The van der Waals surface area contributed by atoms with Crippen LogP contribution in [-0.2, 0) is 10.0 Å². The minimum absolute atomic E-state index is 0.160. The zero-order valence-electron chi connectivity index (χ0n) is 9.61. The average molecular weight is 306 g/mol. The van der Waals surface area contributed by atoms with Crippen molar-refractivity contribution in [2.24, 2.45) is 5.73 Å².